The van der Waals surface area contributed by atoms with Crippen molar-refractivity contribution in [3.8, 4) is 0 Å². The Morgan fingerprint density at radius 1 is 1.12 bits per heavy atom. The van der Waals surface area contributed by atoms with E-state index in [4.69, 9.17) is 23.2 Å². The molecule has 0 aliphatic carbocycles. The Kier molecular flexibility index (Phi) is 4.97. The van der Waals surface area contributed by atoms with E-state index in [2.05, 4.69) is 0 Å². The fourth-order valence-electron chi connectivity index (χ4n) is 2.82. The molecule has 0 aromatic heterocycles. The van der Waals surface area contributed by atoms with Gasteiger partial charge in [-0.2, -0.15) is 0 Å². The molecule has 25 heavy (non-hydrogen) atoms. The summed E-state index contributed by atoms with van der Waals surface area (Å²) in [7, 11) is 0. The largest absolute Gasteiger partial charge is 0.325 e. The zero-order valence-corrected chi connectivity index (χ0v) is 14.9. The molecule has 4 nitrogen and oxygen atoms in total. The van der Waals surface area contributed by atoms with Crippen LogP contribution in [-0.4, -0.2) is 35.8 Å². The van der Waals surface area contributed by atoms with Crippen LogP contribution in [0.2, 0.25) is 10.0 Å². The molecule has 0 bridgehead atoms. The van der Waals surface area contributed by atoms with Crippen LogP contribution in [0.15, 0.2) is 42.5 Å². The van der Waals surface area contributed by atoms with Crippen molar-refractivity contribution in [3.05, 3.63) is 63.9 Å². The number of piperazine rings is 1. The zero-order valence-electron chi connectivity index (χ0n) is 13.4. The molecule has 1 unspecified atom stereocenters. The molecule has 1 atom stereocenters. The van der Waals surface area contributed by atoms with Crippen LogP contribution in [0.5, 0.6) is 0 Å². The summed E-state index contributed by atoms with van der Waals surface area (Å²) in [5, 5.41) is 0.497. The summed E-state index contributed by atoms with van der Waals surface area (Å²) in [5.41, 5.74) is 0.990. The van der Waals surface area contributed by atoms with Crippen molar-refractivity contribution < 1.29 is 14.0 Å². The third-order valence-corrected chi connectivity index (χ3v) is 4.76. The van der Waals surface area contributed by atoms with Gasteiger partial charge in [0.25, 0.3) is 5.91 Å². The Bertz CT molecular complexity index is 826. The molecule has 2 aromatic rings. The van der Waals surface area contributed by atoms with Gasteiger partial charge in [-0.05, 0) is 49.4 Å². The van der Waals surface area contributed by atoms with Gasteiger partial charge < -0.3 is 9.80 Å². The van der Waals surface area contributed by atoms with Gasteiger partial charge in [0.05, 0.1) is 5.02 Å². The second-order valence-electron chi connectivity index (χ2n) is 5.77. The maximum absolute atomic E-state index is 13.3. The highest BCUT2D eigenvalue weighted by Crippen LogP contribution is 2.26. The first-order chi connectivity index (χ1) is 11.9. The molecule has 1 aliphatic rings. The van der Waals surface area contributed by atoms with Crippen molar-refractivity contribution in [2.45, 2.75) is 13.0 Å². The highest BCUT2D eigenvalue weighted by atomic mass is 35.5. The van der Waals surface area contributed by atoms with Gasteiger partial charge in [0.1, 0.15) is 11.9 Å². The van der Waals surface area contributed by atoms with Crippen LogP contribution in [-0.2, 0) is 4.79 Å². The molecule has 7 heteroatoms. The maximum Gasteiger partial charge on any atom is 0.254 e. The number of carbonyl (C=O) groups excluding carboxylic acids is 2. The number of amides is 2. The lowest BCUT2D eigenvalue weighted by Gasteiger charge is -2.39. The third-order valence-electron chi connectivity index (χ3n) is 4.22. The summed E-state index contributed by atoms with van der Waals surface area (Å²) in [6, 6.07) is 10.0. The lowest BCUT2D eigenvalue weighted by atomic mass is 10.1. The SMILES string of the molecule is CC1C(=O)N(c2ccc(F)c(Cl)c2)CCN1C(=O)c1ccc(Cl)cc1. The Morgan fingerprint density at radius 2 is 1.80 bits per heavy atom. The fourth-order valence-corrected chi connectivity index (χ4v) is 3.12. The van der Waals surface area contributed by atoms with E-state index in [1.165, 1.54) is 28.0 Å². The van der Waals surface area contributed by atoms with Gasteiger partial charge >= 0.3 is 0 Å². The molecule has 1 fully saturated rings. The monoisotopic (exact) mass is 380 g/mol. The molecule has 130 valence electrons. The van der Waals surface area contributed by atoms with E-state index in [0.29, 0.717) is 29.4 Å². The van der Waals surface area contributed by atoms with E-state index in [0.717, 1.165) is 0 Å². The first-order valence-corrected chi connectivity index (χ1v) is 8.47. The van der Waals surface area contributed by atoms with Crippen molar-refractivity contribution >= 4 is 40.7 Å². The van der Waals surface area contributed by atoms with Gasteiger partial charge in [-0.1, -0.05) is 23.2 Å². The van der Waals surface area contributed by atoms with Crippen LogP contribution in [0.25, 0.3) is 0 Å². The molecular formula is C18H15Cl2FN2O2. The quantitative estimate of drug-likeness (QED) is 0.789. The maximum atomic E-state index is 13.3. The summed E-state index contributed by atoms with van der Waals surface area (Å²) < 4.78 is 13.3. The van der Waals surface area contributed by atoms with Crippen molar-refractivity contribution in [1.29, 1.82) is 0 Å². The van der Waals surface area contributed by atoms with E-state index in [-0.39, 0.29) is 16.8 Å². The van der Waals surface area contributed by atoms with Gasteiger partial charge in [-0.25, -0.2) is 4.39 Å². The minimum atomic E-state index is -0.638. The van der Waals surface area contributed by atoms with Crippen LogP contribution in [0.1, 0.15) is 17.3 Å². The van der Waals surface area contributed by atoms with Crippen LogP contribution >= 0.6 is 23.2 Å². The lowest BCUT2D eigenvalue weighted by Crippen LogP contribution is -2.57. The van der Waals surface area contributed by atoms with Gasteiger partial charge in [0.15, 0.2) is 0 Å². The predicted molar refractivity (Wildman–Crippen MR) is 95.7 cm³/mol. The molecule has 1 heterocycles. The van der Waals surface area contributed by atoms with E-state index < -0.39 is 11.9 Å². The highest BCUT2D eigenvalue weighted by Gasteiger charge is 2.35. The van der Waals surface area contributed by atoms with Gasteiger partial charge in [0, 0.05) is 29.4 Å². The summed E-state index contributed by atoms with van der Waals surface area (Å²) in [5.74, 6) is -1.01. The molecule has 0 radical (unpaired) electrons. The number of rotatable bonds is 2. The lowest BCUT2D eigenvalue weighted by molar-refractivity contribution is -0.124. The molecular weight excluding hydrogens is 366 g/mol. The molecule has 2 aromatic carbocycles. The Morgan fingerprint density at radius 3 is 2.44 bits per heavy atom. The van der Waals surface area contributed by atoms with E-state index in [9.17, 15) is 14.0 Å². The molecule has 3 rings (SSSR count). The zero-order chi connectivity index (χ0) is 18.1. The van der Waals surface area contributed by atoms with Gasteiger partial charge in [0.2, 0.25) is 5.91 Å². The summed E-state index contributed by atoms with van der Waals surface area (Å²) in [6.07, 6.45) is 0. The normalized spacial score (nSPS) is 17.8. The highest BCUT2D eigenvalue weighted by molar-refractivity contribution is 6.31. The smallest absolute Gasteiger partial charge is 0.254 e. The van der Waals surface area contributed by atoms with Crippen LogP contribution in [0.3, 0.4) is 0 Å². The van der Waals surface area contributed by atoms with Crippen LogP contribution in [0.4, 0.5) is 10.1 Å². The molecule has 0 spiro atoms. The van der Waals surface area contributed by atoms with Gasteiger partial charge in [-0.15, -0.1) is 0 Å². The van der Waals surface area contributed by atoms with Crippen molar-refractivity contribution in [2.24, 2.45) is 0 Å². The van der Waals surface area contributed by atoms with Crippen LogP contribution < -0.4 is 4.90 Å². The van der Waals surface area contributed by atoms with Gasteiger partial charge in [-0.3, -0.25) is 9.59 Å². The topological polar surface area (TPSA) is 40.6 Å². The standard InChI is InChI=1S/C18H15Cl2FN2O2/c1-11-17(24)23(14-6-7-16(21)15(20)10-14)9-8-22(11)18(25)12-2-4-13(19)5-3-12/h2-7,10-11H,8-9H2,1H3. The molecule has 2 amide bonds. The summed E-state index contributed by atoms with van der Waals surface area (Å²) in [4.78, 5) is 28.4. The van der Waals surface area contributed by atoms with E-state index >= 15 is 0 Å². The summed E-state index contributed by atoms with van der Waals surface area (Å²) >= 11 is 11.6. The van der Waals surface area contributed by atoms with Crippen molar-refractivity contribution in [2.75, 3.05) is 18.0 Å². The Balaban J connectivity index is 1.80. The van der Waals surface area contributed by atoms with E-state index in [1.54, 1.807) is 31.2 Å². The average Bonchev–Trinajstić information content (AvgIpc) is 2.60. The minimum Gasteiger partial charge on any atom is -0.325 e. The molecule has 0 N–H and O–H groups in total. The average molecular weight is 381 g/mol. The number of hydrogen-bond acceptors (Lipinski definition) is 2. The molecule has 0 saturated carbocycles. The second-order valence-corrected chi connectivity index (χ2v) is 6.61. The second kappa shape index (κ2) is 7.02. The predicted octanol–water partition coefficient (Wildman–Crippen LogP) is 4.01. The van der Waals surface area contributed by atoms with Crippen molar-refractivity contribution in [1.82, 2.24) is 4.90 Å². The minimum absolute atomic E-state index is 0.0439. The molecule has 1 saturated heterocycles. The van der Waals surface area contributed by atoms with E-state index in [1.807, 2.05) is 0 Å². The number of halogens is 3. The number of hydrogen-bond donors (Lipinski definition) is 0. The number of carbonyl (C=O) groups is 2. The number of benzene rings is 2. The van der Waals surface area contributed by atoms with Crippen molar-refractivity contribution in [3.63, 3.8) is 0 Å². The molecule has 1 aliphatic heterocycles. The number of anilines is 1. The first-order valence-electron chi connectivity index (χ1n) is 7.71. The Labute approximate surface area is 154 Å². The Hall–Kier alpha value is -2.11. The third kappa shape index (κ3) is 3.48. The first kappa shape index (κ1) is 17.7. The van der Waals surface area contributed by atoms with Crippen LogP contribution in [0, 0.1) is 5.82 Å². The fraction of sp³-hybridized carbons (Fsp3) is 0.222. The summed E-state index contributed by atoms with van der Waals surface area (Å²) in [6.45, 7) is 2.35. The number of nitrogens with zero attached hydrogens (tertiary/aromatic N) is 2.